The highest BCUT2D eigenvalue weighted by atomic mass is 16.6. The number of rotatable bonds is 6. The first-order valence-corrected chi connectivity index (χ1v) is 12.5. The molecule has 3 fully saturated rings. The number of hydrogen-bond donors (Lipinski definition) is 2. The van der Waals surface area contributed by atoms with Crippen molar-refractivity contribution in [1.29, 1.82) is 0 Å². The molecule has 0 bridgehead atoms. The van der Waals surface area contributed by atoms with Gasteiger partial charge in [-0.15, -0.1) is 0 Å². The number of fused-ring (bicyclic) bond motifs is 5. The summed E-state index contributed by atoms with van der Waals surface area (Å²) >= 11 is 0. The highest BCUT2D eigenvalue weighted by molar-refractivity contribution is 5.91. The van der Waals surface area contributed by atoms with Gasteiger partial charge in [0.25, 0.3) is 0 Å². The Labute approximate surface area is 200 Å². The summed E-state index contributed by atoms with van der Waals surface area (Å²) in [6.07, 6.45) is 5.99. The van der Waals surface area contributed by atoms with Crippen LogP contribution in [-0.2, 0) is 23.9 Å². The van der Waals surface area contributed by atoms with Crippen LogP contribution in [0.4, 0.5) is 4.79 Å². The Morgan fingerprint density at radius 1 is 1.18 bits per heavy atom. The van der Waals surface area contributed by atoms with Gasteiger partial charge >= 0.3 is 12.1 Å². The minimum Gasteiger partial charge on any atom is -0.469 e. The maximum absolute atomic E-state index is 13.1. The monoisotopic (exact) mass is 475 g/mol. The summed E-state index contributed by atoms with van der Waals surface area (Å²) in [5, 5.41) is 13.9. The Balaban J connectivity index is 1.40. The smallest absolute Gasteiger partial charge is 0.407 e. The van der Waals surface area contributed by atoms with Crippen molar-refractivity contribution in [3.63, 3.8) is 0 Å². The molecule has 4 aliphatic carbocycles. The van der Waals surface area contributed by atoms with E-state index in [1.807, 2.05) is 6.08 Å². The first-order chi connectivity index (χ1) is 16.1. The Morgan fingerprint density at radius 2 is 1.94 bits per heavy atom. The fraction of sp³-hybridized carbons (Fsp3) is 0.769. The quantitative estimate of drug-likeness (QED) is 0.567. The van der Waals surface area contributed by atoms with E-state index in [0.717, 1.165) is 32.1 Å². The number of aliphatic hydroxyl groups excluding tert-OH is 1. The molecule has 0 aromatic rings. The van der Waals surface area contributed by atoms with E-state index in [0.29, 0.717) is 24.7 Å². The summed E-state index contributed by atoms with van der Waals surface area (Å²) in [4.78, 5) is 48.2. The van der Waals surface area contributed by atoms with Gasteiger partial charge in [-0.25, -0.2) is 4.79 Å². The van der Waals surface area contributed by atoms with Crippen LogP contribution < -0.4 is 5.32 Å². The number of allylic oxidation sites excluding steroid dienone is 1. The van der Waals surface area contributed by atoms with E-state index < -0.39 is 18.2 Å². The summed E-state index contributed by atoms with van der Waals surface area (Å²) in [6.45, 7) is 4.12. The van der Waals surface area contributed by atoms with Gasteiger partial charge in [0.1, 0.15) is 0 Å². The molecule has 34 heavy (non-hydrogen) atoms. The fourth-order valence-corrected chi connectivity index (χ4v) is 7.87. The van der Waals surface area contributed by atoms with Crippen molar-refractivity contribution in [3.8, 4) is 0 Å². The molecular formula is C26H37NO7. The van der Waals surface area contributed by atoms with E-state index >= 15 is 0 Å². The number of carbonyl (C=O) groups is 4. The second-order valence-corrected chi connectivity index (χ2v) is 11.1. The summed E-state index contributed by atoms with van der Waals surface area (Å²) in [6, 6.07) is 0. The number of hydrogen-bond acceptors (Lipinski definition) is 7. The van der Waals surface area contributed by atoms with E-state index in [4.69, 9.17) is 4.74 Å². The number of ketones is 2. The number of carbonyl (C=O) groups excluding carboxylic acids is 4. The van der Waals surface area contributed by atoms with Gasteiger partial charge in [0, 0.05) is 18.9 Å². The minimum absolute atomic E-state index is 0.0341. The molecule has 0 spiro atoms. The van der Waals surface area contributed by atoms with Crippen LogP contribution in [0.2, 0.25) is 0 Å². The highest BCUT2D eigenvalue weighted by Gasteiger charge is 2.62. The molecule has 0 heterocycles. The number of Topliss-reactive ketones (excluding diaryl/α,β-unsaturated/α-hetero) is 1. The molecule has 0 aliphatic heterocycles. The van der Waals surface area contributed by atoms with E-state index in [1.54, 1.807) is 0 Å². The average molecular weight is 476 g/mol. The van der Waals surface area contributed by atoms with Gasteiger partial charge in [-0.2, -0.15) is 0 Å². The van der Waals surface area contributed by atoms with Crippen molar-refractivity contribution in [2.24, 2.45) is 34.5 Å². The number of methoxy groups -OCH3 is 1. The lowest BCUT2D eigenvalue weighted by atomic mass is 9.46. The molecule has 8 heteroatoms. The number of amides is 1. The van der Waals surface area contributed by atoms with Crippen LogP contribution in [0.25, 0.3) is 0 Å². The maximum Gasteiger partial charge on any atom is 0.407 e. The molecule has 7 atom stereocenters. The zero-order valence-electron chi connectivity index (χ0n) is 20.4. The third kappa shape index (κ3) is 4.30. The van der Waals surface area contributed by atoms with Crippen LogP contribution in [0.15, 0.2) is 11.6 Å². The number of nitrogens with one attached hydrogen (secondary N) is 1. The SMILES string of the molecule is COC(=O)CCNC(=O)OCC(=O)C1CCC2C3CCC4=CC(=O)CCC4(C)C3C(O)CC12C. The van der Waals surface area contributed by atoms with Crippen LogP contribution in [-0.4, -0.2) is 55.1 Å². The van der Waals surface area contributed by atoms with Crippen LogP contribution in [0.3, 0.4) is 0 Å². The van der Waals surface area contributed by atoms with Crippen molar-refractivity contribution in [2.45, 2.75) is 71.3 Å². The molecule has 7 unspecified atom stereocenters. The zero-order chi connectivity index (χ0) is 24.7. The molecule has 0 aromatic carbocycles. The fourth-order valence-electron chi connectivity index (χ4n) is 7.87. The topological polar surface area (TPSA) is 119 Å². The normalized spacial score (nSPS) is 38.6. The lowest BCUT2D eigenvalue weighted by Crippen LogP contribution is -2.57. The second-order valence-electron chi connectivity index (χ2n) is 11.1. The van der Waals surface area contributed by atoms with Gasteiger partial charge in [0.05, 0.1) is 19.6 Å². The Kier molecular flexibility index (Phi) is 6.91. The van der Waals surface area contributed by atoms with Crippen LogP contribution >= 0.6 is 0 Å². The standard InChI is InChI=1S/C26H37NO7/c1-25-10-8-16(28)12-15(25)4-5-17-18-6-7-19(26(18,2)13-20(29)23(17)25)21(30)14-34-24(32)27-11-9-22(31)33-3/h12,17-20,23,29H,4-11,13-14H2,1-3H3,(H,27,32). The van der Waals surface area contributed by atoms with Gasteiger partial charge in [-0.3, -0.25) is 14.4 Å². The Morgan fingerprint density at radius 3 is 2.68 bits per heavy atom. The molecule has 188 valence electrons. The first-order valence-electron chi connectivity index (χ1n) is 12.5. The predicted octanol–water partition coefficient (Wildman–Crippen LogP) is 2.96. The lowest BCUT2D eigenvalue weighted by Gasteiger charge is -2.59. The van der Waals surface area contributed by atoms with Crippen LogP contribution in [0.1, 0.15) is 65.2 Å². The van der Waals surface area contributed by atoms with E-state index in [9.17, 15) is 24.3 Å². The van der Waals surface area contributed by atoms with Gasteiger partial charge < -0.3 is 19.9 Å². The third-order valence-electron chi connectivity index (χ3n) is 9.45. The molecule has 0 aromatic heterocycles. The van der Waals surface area contributed by atoms with Crippen molar-refractivity contribution >= 4 is 23.6 Å². The van der Waals surface area contributed by atoms with Crippen molar-refractivity contribution in [2.75, 3.05) is 20.3 Å². The minimum atomic E-state index is -0.730. The molecule has 4 rings (SSSR count). The number of esters is 1. The molecule has 4 aliphatic rings. The van der Waals surface area contributed by atoms with Gasteiger partial charge in [-0.05, 0) is 73.2 Å². The molecule has 2 N–H and O–H groups in total. The van der Waals surface area contributed by atoms with E-state index in [-0.39, 0.29) is 53.8 Å². The molecule has 0 saturated heterocycles. The summed E-state index contributed by atoms with van der Waals surface area (Å²) in [5.74, 6) is 0.170. The molecular weight excluding hydrogens is 438 g/mol. The number of alkyl carbamates (subject to hydrolysis) is 1. The lowest BCUT2D eigenvalue weighted by molar-refractivity contribution is -0.146. The maximum atomic E-state index is 13.1. The summed E-state index contributed by atoms with van der Waals surface area (Å²) < 4.78 is 9.66. The van der Waals surface area contributed by atoms with Gasteiger partial charge in [0.2, 0.25) is 0 Å². The van der Waals surface area contributed by atoms with E-state index in [2.05, 4.69) is 23.9 Å². The van der Waals surface area contributed by atoms with Crippen molar-refractivity contribution in [1.82, 2.24) is 5.32 Å². The Bertz CT molecular complexity index is 898. The largest absolute Gasteiger partial charge is 0.469 e. The zero-order valence-corrected chi connectivity index (χ0v) is 20.4. The van der Waals surface area contributed by atoms with E-state index in [1.165, 1.54) is 12.7 Å². The predicted molar refractivity (Wildman–Crippen MR) is 123 cm³/mol. The van der Waals surface area contributed by atoms with Crippen molar-refractivity contribution in [3.05, 3.63) is 11.6 Å². The van der Waals surface area contributed by atoms with Gasteiger partial charge in [-0.1, -0.05) is 19.4 Å². The number of ether oxygens (including phenoxy) is 2. The Hall–Kier alpha value is -2.22. The average Bonchev–Trinajstić information content (AvgIpc) is 3.14. The van der Waals surface area contributed by atoms with Gasteiger partial charge in [0.15, 0.2) is 18.2 Å². The molecule has 0 radical (unpaired) electrons. The number of aliphatic hydroxyl groups is 1. The first kappa shape index (κ1) is 24.9. The molecule has 8 nitrogen and oxygen atoms in total. The van der Waals surface area contributed by atoms with Crippen molar-refractivity contribution < 1.29 is 33.8 Å². The van der Waals surface area contributed by atoms with Crippen LogP contribution in [0, 0.1) is 34.5 Å². The molecule has 3 saturated carbocycles. The third-order valence-corrected chi connectivity index (χ3v) is 9.45. The summed E-state index contributed by atoms with van der Waals surface area (Å²) in [7, 11) is 1.28. The highest BCUT2D eigenvalue weighted by Crippen LogP contribution is 2.66. The van der Waals surface area contributed by atoms with Crippen LogP contribution in [0.5, 0.6) is 0 Å². The second kappa shape index (κ2) is 9.44. The summed E-state index contributed by atoms with van der Waals surface area (Å²) in [5.41, 5.74) is 0.722. The molecule has 1 amide bonds.